The van der Waals surface area contributed by atoms with Crippen LogP contribution in [0.15, 0.2) is 0 Å². The first-order valence-corrected chi connectivity index (χ1v) is 8.60. The third-order valence-electron chi connectivity index (χ3n) is 4.13. The predicted molar refractivity (Wildman–Crippen MR) is 91.0 cm³/mol. The van der Waals surface area contributed by atoms with Gasteiger partial charge >= 0.3 is 6.09 Å². The molecule has 0 aromatic rings. The Morgan fingerprint density at radius 3 is 2.43 bits per heavy atom. The Hall–Kier alpha value is -1.30. The monoisotopic (exact) mass is 327 g/mol. The molecule has 0 radical (unpaired) electrons. The SMILES string of the molecule is CCN(C[C@H]1CCCN1C(=O)[C@@H](N)C(C)C)C(=O)OC(C)(C)C. The van der Waals surface area contributed by atoms with Gasteiger partial charge in [-0.2, -0.15) is 0 Å². The molecule has 2 atom stereocenters. The Labute approximate surface area is 140 Å². The number of hydrogen-bond acceptors (Lipinski definition) is 4. The van der Waals surface area contributed by atoms with Crippen LogP contribution in [0.4, 0.5) is 4.79 Å². The first kappa shape index (κ1) is 19.7. The van der Waals surface area contributed by atoms with E-state index in [-0.39, 0.29) is 24.0 Å². The van der Waals surface area contributed by atoms with E-state index in [4.69, 9.17) is 10.5 Å². The van der Waals surface area contributed by atoms with Crippen molar-refractivity contribution in [3.05, 3.63) is 0 Å². The normalized spacial score (nSPS) is 19.8. The van der Waals surface area contributed by atoms with Gasteiger partial charge in [-0.25, -0.2) is 4.79 Å². The molecule has 6 heteroatoms. The van der Waals surface area contributed by atoms with Crippen LogP contribution in [0.25, 0.3) is 0 Å². The lowest BCUT2D eigenvalue weighted by atomic mass is 10.0. The number of amides is 2. The molecule has 1 fully saturated rings. The molecule has 2 N–H and O–H groups in total. The van der Waals surface area contributed by atoms with Gasteiger partial charge in [-0.15, -0.1) is 0 Å². The van der Waals surface area contributed by atoms with E-state index in [2.05, 4.69) is 0 Å². The van der Waals surface area contributed by atoms with Gasteiger partial charge in [0.1, 0.15) is 5.60 Å². The van der Waals surface area contributed by atoms with Crippen LogP contribution in [0, 0.1) is 5.92 Å². The van der Waals surface area contributed by atoms with Crippen LogP contribution >= 0.6 is 0 Å². The fraction of sp³-hybridized carbons (Fsp3) is 0.882. The molecule has 0 unspecified atom stereocenters. The molecule has 0 spiro atoms. The third-order valence-corrected chi connectivity index (χ3v) is 4.13. The maximum atomic E-state index is 12.5. The molecule has 1 rings (SSSR count). The molecule has 1 saturated heterocycles. The molecule has 6 nitrogen and oxygen atoms in total. The zero-order chi connectivity index (χ0) is 17.8. The summed E-state index contributed by atoms with van der Waals surface area (Å²) in [5.74, 6) is 0.0969. The van der Waals surface area contributed by atoms with Gasteiger partial charge in [-0.05, 0) is 46.5 Å². The Kier molecular flexibility index (Phi) is 6.86. The molecule has 0 aromatic heterocycles. The molecule has 0 aliphatic carbocycles. The van der Waals surface area contributed by atoms with Crippen LogP contribution in [0.3, 0.4) is 0 Å². The summed E-state index contributed by atoms with van der Waals surface area (Å²) < 4.78 is 5.44. The standard InChI is InChI=1S/C17H33N3O3/c1-7-19(16(22)23-17(4,5)6)11-13-9-8-10-20(13)15(21)14(18)12(2)3/h12-14H,7-11,18H2,1-6H3/t13-,14+/m1/s1. The van der Waals surface area contributed by atoms with Crippen molar-refractivity contribution in [2.75, 3.05) is 19.6 Å². The summed E-state index contributed by atoms with van der Waals surface area (Å²) in [6.45, 7) is 13.2. The minimum Gasteiger partial charge on any atom is -0.444 e. The topological polar surface area (TPSA) is 75.9 Å². The fourth-order valence-corrected chi connectivity index (χ4v) is 2.71. The zero-order valence-corrected chi connectivity index (χ0v) is 15.5. The summed E-state index contributed by atoms with van der Waals surface area (Å²) >= 11 is 0. The lowest BCUT2D eigenvalue weighted by Gasteiger charge is -2.33. The van der Waals surface area contributed by atoms with Crippen molar-refractivity contribution < 1.29 is 14.3 Å². The van der Waals surface area contributed by atoms with E-state index < -0.39 is 11.6 Å². The summed E-state index contributed by atoms with van der Waals surface area (Å²) in [7, 11) is 0. The van der Waals surface area contributed by atoms with Crippen molar-refractivity contribution in [3.8, 4) is 0 Å². The van der Waals surface area contributed by atoms with Gasteiger partial charge in [0.25, 0.3) is 0 Å². The molecule has 1 aliphatic heterocycles. The second-order valence-electron chi connectivity index (χ2n) is 7.62. The molecule has 1 aliphatic rings. The van der Waals surface area contributed by atoms with Crippen molar-refractivity contribution in [1.82, 2.24) is 9.80 Å². The summed E-state index contributed by atoms with van der Waals surface area (Å²) in [4.78, 5) is 28.3. The number of carbonyl (C=O) groups excluding carboxylic acids is 2. The Balaban J connectivity index is 2.72. The van der Waals surface area contributed by atoms with Gasteiger partial charge in [-0.3, -0.25) is 4.79 Å². The molecule has 0 aromatic carbocycles. The van der Waals surface area contributed by atoms with Crippen LogP contribution in [0.1, 0.15) is 54.4 Å². The number of rotatable bonds is 5. The van der Waals surface area contributed by atoms with Crippen molar-refractivity contribution in [2.45, 2.75) is 72.1 Å². The predicted octanol–water partition coefficient (Wildman–Crippen LogP) is 2.22. The molecule has 0 bridgehead atoms. The van der Waals surface area contributed by atoms with Gasteiger partial charge < -0.3 is 20.3 Å². The van der Waals surface area contributed by atoms with Gasteiger partial charge in [0, 0.05) is 25.7 Å². The van der Waals surface area contributed by atoms with Gasteiger partial charge in [0.05, 0.1) is 6.04 Å². The highest BCUT2D eigenvalue weighted by atomic mass is 16.6. The zero-order valence-electron chi connectivity index (χ0n) is 15.5. The van der Waals surface area contributed by atoms with Crippen LogP contribution in [-0.2, 0) is 9.53 Å². The molecular weight excluding hydrogens is 294 g/mol. The van der Waals surface area contributed by atoms with E-state index in [0.29, 0.717) is 13.1 Å². The van der Waals surface area contributed by atoms with Crippen LogP contribution in [-0.4, -0.2) is 59.1 Å². The number of nitrogens with two attached hydrogens (primary N) is 1. The van der Waals surface area contributed by atoms with Gasteiger partial charge in [0.15, 0.2) is 0 Å². The Morgan fingerprint density at radius 1 is 1.35 bits per heavy atom. The maximum Gasteiger partial charge on any atom is 0.410 e. The maximum absolute atomic E-state index is 12.5. The lowest BCUT2D eigenvalue weighted by Crippen LogP contribution is -2.52. The Morgan fingerprint density at radius 2 is 1.96 bits per heavy atom. The summed E-state index contributed by atoms with van der Waals surface area (Å²) in [6.07, 6.45) is 1.52. The van der Waals surface area contributed by atoms with Crippen molar-refractivity contribution >= 4 is 12.0 Å². The highest BCUT2D eigenvalue weighted by Gasteiger charge is 2.35. The van der Waals surface area contributed by atoms with E-state index in [1.165, 1.54) is 0 Å². The van der Waals surface area contributed by atoms with Crippen molar-refractivity contribution in [3.63, 3.8) is 0 Å². The molecule has 0 saturated carbocycles. The second kappa shape index (κ2) is 7.99. The number of nitrogens with zero attached hydrogens (tertiary/aromatic N) is 2. The van der Waals surface area contributed by atoms with E-state index in [0.717, 1.165) is 19.4 Å². The number of hydrogen-bond donors (Lipinski definition) is 1. The van der Waals surface area contributed by atoms with Crippen LogP contribution in [0.5, 0.6) is 0 Å². The third kappa shape index (κ3) is 5.68. The molecule has 1 heterocycles. The minimum absolute atomic E-state index is 0.0114. The van der Waals surface area contributed by atoms with Crippen LogP contribution < -0.4 is 5.73 Å². The van der Waals surface area contributed by atoms with Crippen LogP contribution in [0.2, 0.25) is 0 Å². The first-order valence-electron chi connectivity index (χ1n) is 8.60. The molecular formula is C17H33N3O3. The van der Waals surface area contributed by atoms with E-state index in [9.17, 15) is 9.59 Å². The summed E-state index contributed by atoms with van der Waals surface area (Å²) in [5.41, 5.74) is 5.49. The molecule has 2 amide bonds. The first-order chi connectivity index (χ1) is 10.6. The number of ether oxygens (including phenoxy) is 1. The molecule has 23 heavy (non-hydrogen) atoms. The van der Waals surface area contributed by atoms with Crippen molar-refractivity contribution in [1.29, 1.82) is 0 Å². The largest absolute Gasteiger partial charge is 0.444 e. The quantitative estimate of drug-likeness (QED) is 0.840. The van der Waals surface area contributed by atoms with E-state index >= 15 is 0 Å². The second-order valence-corrected chi connectivity index (χ2v) is 7.62. The number of carbonyl (C=O) groups is 2. The van der Waals surface area contributed by atoms with E-state index in [1.807, 2.05) is 46.4 Å². The fourth-order valence-electron chi connectivity index (χ4n) is 2.71. The Bertz CT molecular complexity index is 418. The van der Waals surface area contributed by atoms with E-state index in [1.54, 1.807) is 4.90 Å². The van der Waals surface area contributed by atoms with Gasteiger partial charge in [-0.1, -0.05) is 13.8 Å². The number of likely N-dealkylation sites (tertiary alicyclic amines) is 1. The average Bonchev–Trinajstić information content (AvgIpc) is 2.88. The number of likely N-dealkylation sites (N-methyl/N-ethyl adjacent to an activating group) is 1. The smallest absolute Gasteiger partial charge is 0.410 e. The highest BCUT2D eigenvalue weighted by Crippen LogP contribution is 2.21. The lowest BCUT2D eigenvalue weighted by molar-refractivity contribution is -0.134. The molecule has 134 valence electrons. The van der Waals surface area contributed by atoms with Gasteiger partial charge in [0.2, 0.25) is 5.91 Å². The summed E-state index contributed by atoms with van der Waals surface area (Å²) in [6, 6.07) is -0.452. The van der Waals surface area contributed by atoms with Crippen molar-refractivity contribution in [2.24, 2.45) is 11.7 Å². The minimum atomic E-state index is -0.518. The summed E-state index contributed by atoms with van der Waals surface area (Å²) in [5, 5.41) is 0. The highest BCUT2D eigenvalue weighted by molar-refractivity contribution is 5.82. The average molecular weight is 327 g/mol.